The molecule has 70 valence electrons. The van der Waals surface area contributed by atoms with Gasteiger partial charge in [-0.3, -0.25) is 9.59 Å². The summed E-state index contributed by atoms with van der Waals surface area (Å²) in [4.78, 5) is 25.2. The second-order valence-corrected chi connectivity index (χ2v) is 2.94. The van der Waals surface area contributed by atoms with Crippen LogP contribution >= 0.6 is 0 Å². The third-order valence-electron chi connectivity index (χ3n) is 2.14. The van der Waals surface area contributed by atoms with E-state index in [1.54, 1.807) is 9.80 Å². The Morgan fingerprint density at radius 1 is 1.15 bits per heavy atom. The lowest BCUT2D eigenvalue weighted by atomic mass is 10.3. The van der Waals surface area contributed by atoms with Crippen LogP contribution in [0.1, 0.15) is 6.92 Å². The minimum Gasteiger partial charge on any atom is -0.339 e. The first-order chi connectivity index (χ1) is 6.15. The number of amides is 2. The van der Waals surface area contributed by atoms with E-state index in [1.807, 2.05) is 0 Å². The summed E-state index contributed by atoms with van der Waals surface area (Å²) in [5.41, 5.74) is 0. The predicted molar refractivity (Wildman–Crippen MR) is 47.7 cm³/mol. The number of carbonyl (C=O) groups excluding carboxylic acids is 2. The quantitative estimate of drug-likeness (QED) is 0.463. The molecule has 1 fully saturated rings. The van der Waals surface area contributed by atoms with Gasteiger partial charge >= 0.3 is 0 Å². The Morgan fingerprint density at radius 2 is 1.62 bits per heavy atom. The lowest BCUT2D eigenvalue weighted by Gasteiger charge is -2.33. The Labute approximate surface area is 77.5 Å². The van der Waals surface area contributed by atoms with Crippen molar-refractivity contribution < 1.29 is 9.59 Å². The van der Waals surface area contributed by atoms with Crippen molar-refractivity contribution in [2.75, 3.05) is 26.2 Å². The number of rotatable bonds is 0. The fourth-order valence-corrected chi connectivity index (χ4v) is 1.32. The minimum atomic E-state index is -0.289. The molecule has 0 unspecified atom stereocenters. The molecular weight excluding hydrogens is 168 g/mol. The maximum Gasteiger partial charge on any atom is 0.298 e. The highest BCUT2D eigenvalue weighted by molar-refractivity contribution is 5.93. The van der Waals surface area contributed by atoms with E-state index in [1.165, 1.54) is 6.92 Å². The Hall–Kier alpha value is -1.50. The lowest BCUT2D eigenvalue weighted by molar-refractivity contribution is -0.135. The summed E-state index contributed by atoms with van der Waals surface area (Å²) in [5.74, 6) is 1.82. The number of hydrogen-bond acceptors (Lipinski definition) is 2. The smallest absolute Gasteiger partial charge is 0.298 e. The molecule has 0 radical (unpaired) electrons. The molecule has 1 heterocycles. The molecule has 13 heavy (non-hydrogen) atoms. The van der Waals surface area contributed by atoms with Crippen LogP contribution in [0.5, 0.6) is 0 Å². The van der Waals surface area contributed by atoms with Crippen LogP contribution < -0.4 is 0 Å². The number of hydrogen-bond donors (Lipinski definition) is 0. The molecule has 0 spiro atoms. The SMILES string of the molecule is C#CC(=O)N1CCN(C(C)=O)CC1. The molecule has 0 bridgehead atoms. The average molecular weight is 180 g/mol. The highest BCUT2D eigenvalue weighted by atomic mass is 16.2. The summed E-state index contributed by atoms with van der Waals surface area (Å²) >= 11 is 0. The first-order valence-electron chi connectivity index (χ1n) is 4.16. The zero-order chi connectivity index (χ0) is 9.84. The van der Waals surface area contributed by atoms with Gasteiger partial charge in [0.05, 0.1) is 0 Å². The van der Waals surface area contributed by atoms with Gasteiger partial charge in [0, 0.05) is 33.1 Å². The third kappa shape index (κ3) is 2.22. The van der Waals surface area contributed by atoms with Crippen molar-refractivity contribution in [1.29, 1.82) is 0 Å². The fraction of sp³-hybridized carbons (Fsp3) is 0.556. The summed E-state index contributed by atoms with van der Waals surface area (Å²) in [6.07, 6.45) is 4.98. The molecule has 0 aromatic rings. The first-order valence-corrected chi connectivity index (χ1v) is 4.16. The van der Waals surface area contributed by atoms with Gasteiger partial charge in [0.1, 0.15) is 0 Å². The zero-order valence-electron chi connectivity index (χ0n) is 7.62. The molecule has 4 heteroatoms. The maximum atomic E-state index is 11.0. The Kier molecular flexibility index (Phi) is 2.91. The highest BCUT2D eigenvalue weighted by Crippen LogP contribution is 2.01. The molecule has 0 aliphatic carbocycles. The molecule has 1 aliphatic rings. The van der Waals surface area contributed by atoms with Crippen LogP contribution in [0.3, 0.4) is 0 Å². The van der Waals surface area contributed by atoms with Crippen LogP contribution in [0.4, 0.5) is 0 Å². The number of terminal acetylenes is 1. The molecule has 1 rings (SSSR count). The molecule has 1 saturated heterocycles. The molecule has 2 amide bonds. The topological polar surface area (TPSA) is 40.6 Å². The second kappa shape index (κ2) is 3.94. The van der Waals surface area contributed by atoms with E-state index in [4.69, 9.17) is 6.42 Å². The van der Waals surface area contributed by atoms with Crippen LogP contribution in [0.15, 0.2) is 0 Å². The second-order valence-electron chi connectivity index (χ2n) is 2.94. The average Bonchev–Trinajstić information content (AvgIpc) is 2.17. The van der Waals surface area contributed by atoms with E-state index in [9.17, 15) is 9.59 Å². The number of nitrogens with zero attached hydrogens (tertiary/aromatic N) is 2. The van der Waals surface area contributed by atoms with E-state index < -0.39 is 0 Å². The molecule has 0 aromatic heterocycles. The molecule has 0 atom stereocenters. The van der Waals surface area contributed by atoms with Gasteiger partial charge in [-0.25, -0.2) is 0 Å². The third-order valence-corrected chi connectivity index (χ3v) is 2.14. The van der Waals surface area contributed by atoms with E-state index in [2.05, 4.69) is 5.92 Å². The van der Waals surface area contributed by atoms with E-state index in [0.717, 1.165) is 0 Å². The van der Waals surface area contributed by atoms with Crippen molar-refractivity contribution in [3.8, 4) is 12.3 Å². The van der Waals surface area contributed by atoms with Gasteiger partial charge in [-0.15, -0.1) is 6.42 Å². The largest absolute Gasteiger partial charge is 0.339 e. The van der Waals surface area contributed by atoms with Crippen LogP contribution in [0.25, 0.3) is 0 Å². The zero-order valence-corrected chi connectivity index (χ0v) is 7.62. The van der Waals surface area contributed by atoms with Crippen LogP contribution in [0, 0.1) is 12.3 Å². The van der Waals surface area contributed by atoms with Crippen molar-refractivity contribution in [2.45, 2.75) is 6.92 Å². The van der Waals surface area contributed by atoms with Gasteiger partial charge in [0.15, 0.2) is 0 Å². The molecule has 0 saturated carbocycles. The summed E-state index contributed by atoms with van der Waals surface area (Å²) in [5, 5.41) is 0. The van der Waals surface area contributed by atoms with E-state index in [-0.39, 0.29) is 11.8 Å². The van der Waals surface area contributed by atoms with Crippen LogP contribution in [-0.4, -0.2) is 47.8 Å². The van der Waals surface area contributed by atoms with Crippen LogP contribution in [0.2, 0.25) is 0 Å². The van der Waals surface area contributed by atoms with E-state index >= 15 is 0 Å². The van der Waals surface area contributed by atoms with Gasteiger partial charge in [-0.05, 0) is 5.92 Å². The Morgan fingerprint density at radius 3 is 2.00 bits per heavy atom. The normalized spacial score (nSPS) is 16.6. The van der Waals surface area contributed by atoms with E-state index in [0.29, 0.717) is 26.2 Å². The molecular formula is C9H12N2O2. The molecule has 1 aliphatic heterocycles. The van der Waals surface area contributed by atoms with Gasteiger partial charge < -0.3 is 9.80 Å². The summed E-state index contributed by atoms with van der Waals surface area (Å²) in [6.45, 7) is 3.79. The summed E-state index contributed by atoms with van der Waals surface area (Å²) in [7, 11) is 0. The Bertz CT molecular complexity index is 259. The molecule has 4 nitrogen and oxygen atoms in total. The number of piperazine rings is 1. The minimum absolute atomic E-state index is 0.0489. The monoisotopic (exact) mass is 180 g/mol. The molecule has 0 aromatic carbocycles. The van der Waals surface area contributed by atoms with Gasteiger partial charge in [-0.2, -0.15) is 0 Å². The van der Waals surface area contributed by atoms with Gasteiger partial charge in [0.2, 0.25) is 5.91 Å². The summed E-state index contributed by atoms with van der Waals surface area (Å²) in [6, 6.07) is 0. The van der Waals surface area contributed by atoms with Crippen molar-refractivity contribution in [1.82, 2.24) is 9.80 Å². The van der Waals surface area contributed by atoms with Gasteiger partial charge in [-0.1, -0.05) is 0 Å². The highest BCUT2D eigenvalue weighted by Gasteiger charge is 2.20. The number of carbonyl (C=O) groups is 2. The van der Waals surface area contributed by atoms with Crippen molar-refractivity contribution >= 4 is 11.8 Å². The molecule has 0 N–H and O–H groups in total. The van der Waals surface area contributed by atoms with Crippen molar-refractivity contribution in [3.63, 3.8) is 0 Å². The first kappa shape index (κ1) is 9.59. The van der Waals surface area contributed by atoms with Crippen LogP contribution in [-0.2, 0) is 9.59 Å². The van der Waals surface area contributed by atoms with Crippen molar-refractivity contribution in [2.24, 2.45) is 0 Å². The lowest BCUT2D eigenvalue weighted by Crippen LogP contribution is -2.49. The predicted octanol–water partition coefficient (Wildman–Crippen LogP) is -0.690. The van der Waals surface area contributed by atoms with Gasteiger partial charge in [0.25, 0.3) is 5.91 Å². The standard InChI is InChI=1S/C9H12N2O2/c1-3-9(13)11-6-4-10(5-7-11)8(2)12/h1H,4-7H2,2H3. The fourth-order valence-electron chi connectivity index (χ4n) is 1.32. The maximum absolute atomic E-state index is 11.0. The Balaban J connectivity index is 2.44. The summed E-state index contributed by atoms with van der Waals surface area (Å²) < 4.78 is 0. The van der Waals surface area contributed by atoms with Crippen molar-refractivity contribution in [3.05, 3.63) is 0 Å².